The van der Waals surface area contributed by atoms with Gasteiger partial charge in [-0.1, -0.05) is 44.2 Å². The van der Waals surface area contributed by atoms with Gasteiger partial charge in [0, 0.05) is 37.3 Å². The van der Waals surface area contributed by atoms with Crippen molar-refractivity contribution in [2.45, 2.75) is 45.6 Å². The Bertz CT molecular complexity index is 907. The summed E-state index contributed by atoms with van der Waals surface area (Å²) in [5.74, 6) is 0.960. The second-order valence-corrected chi connectivity index (χ2v) is 8.41. The van der Waals surface area contributed by atoms with Crippen molar-refractivity contribution in [2.75, 3.05) is 31.6 Å². The van der Waals surface area contributed by atoms with E-state index in [0.29, 0.717) is 18.5 Å². The summed E-state index contributed by atoms with van der Waals surface area (Å²) in [6, 6.07) is 15.8. The third kappa shape index (κ3) is 6.02. The molecule has 2 amide bonds. The predicted molar refractivity (Wildman–Crippen MR) is 128 cm³/mol. The summed E-state index contributed by atoms with van der Waals surface area (Å²) in [5.41, 5.74) is 2.72. The Morgan fingerprint density at radius 3 is 2.50 bits per heavy atom. The lowest BCUT2D eigenvalue weighted by atomic mass is 10.0. The van der Waals surface area contributed by atoms with Gasteiger partial charge in [-0.25, -0.2) is 0 Å². The fraction of sp³-hybridized carbons (Fsp3) is 0.462. The largest absolute Gasteiger partial charge is 0.496 e. The first kappa shape index (κ1) is 23.6. The molecule has 1 heterocycles. The molecule has 0 aromatic heterocycles. The van der Waals surface area contributed by atoms with Gasteiger partial charge in [0.1, 0.15) is 5.75 Å². The van der Waals surface area contributed by atoms with E-state index in [4.69, 9.17) is 4.74 Å². The molecular weight excluding hydrogens is 402 g/mol. The molecule has 2 N–H and O–H groups in total. The Labute approximate surface area is 191 Å². The highest BCUT2D eigenvalue weighted by atomic mass is 16.5. The van der Waals surface area contributed by atoms with Crippen LogP contribution >= 0.6 is 0 Å². The van der Waals surface area contributed by atoms with Crippen LogP contribution in [-0.4, -0.2) is 44.6 Å². The summed E-state index contributed by atoms with van der Waals surface area (Å²) in [6.07, 6.45) is 3.32. The molecular formula is C26H35N3O3. The summed E-state index contributed by atoms with van der Waals surface area (Å²) in [7, 11) is 1.66. The number of ether oxygens (including phenoxy) is 1. The van der Waals surface area contributed by atoms with Gasteiger partial charge in [-0.05, 0) is 49.4 Å². The van der Waals surface area contributed by atoms with Crippen LogP contribution < -0.4 is 20.3 Å². The normalized spacial score (nSPS) is 15.2. The predicted octanol–water partition coefficient (Wildman–Crippen LogP) is 3.80. The van der Waals surface area contributed by atoms with E-state index in [9.17, 15) is 9.59 Å². The number of hydrogen-bond donors (Lipinski definition) is 2. The summed E-state index contributed by atoms with van der Waals surface area (Å²) in [5, 5.41) is 6.23. The molecule has 0 spiro atoms. The summed E-state index contributed by atoms with van der Waals surface area (Å²) in [6.45, 7) is 6.17. The Morgan fingerprint density at radius 1 is 1.09 bits per heavy atom. The van der Waals surface area contributed by atoms with Crippen LogP contribution in [0.4, 0.5) is 5.69 Å². The zero-order valence-electron chi connectivity index (χ0n) is 19.4. The molecule has 0 radical (unpaired) electrons. The number of nitrogens with zero attached hydrogens (tertiary/aromatic N) is 1. The van der Waals surface area contributed by atoms with Crippen LogP contribution in [0.25, 0.3) is 0 Å². The van der Waals surface area contributed by atoms with Crippen LogP contribution in [-0.2, 0) is 11.2 Å². The van der Waals surface area contributed by atoms with Gasteiger partial charge >= 0.3 is 0 Å². The molecule has 1 fully saturated rings. The fourth-order valence-corrected chi connectivity index (χ4v) is 4.05. The molecule has 172 valence electrons. The summed E-state index contributed by atoms with van der Waals surface area (Å²) < 4.78 is 5.39. The van der Waals surface area contributed by atoms with Gasteiger partial charge in [-0.15, -0.1) is 0 Å². The van der Waals surface area contributed by atoms with E-state index in [-0.39, 0.29) is 23.8 Å². The third-order valence-electron chi connectivity index (χ3n) is 6.26. The first-order valence-corrected chi connectivity index (χ1v) is 11.6. The Kier molecular flexibility index (Phi) is 8.54. The molecule has 6 heteroatoms. The van der Waals surface area contributed by atoms with Gasteiger partial charge in [-0.3, -0.25) is 9.59 Å². The first-order valence-electron chi connectivity index (χ1n) is 11.6. The first-order chi connectivity index (χ1) is 15.5. The molecule has 0 bridgehead atoms. The average molecular weight is 438 g/mol. The van der Waals surface area contributed by atoms with Crippen LogP contribution in [0.2, 0.25) is 0 Å². The minimum atomic E-state index is -0.0669. The number of piperidine rings is 1. The second kappa shape index (κ2) is 11.6. The Morgan fingerprint density at radius 2 is 1.78 bits per heavy atom. The Hall–Kier alpha value is -3.02. The number of para-hydroxylation sites is 2. The van der Waals surface area contributed by atoms with Gasteiger partial charge in [0.15, 0.2) is 0 Å². The number of carbonyl (C=O) groups excluding carboxylic acids is 2. The zero-order valence-corrected chi connectivity index (χ0v) is 19.4. The van der Waals surface area contributed by atoms with E-state index in [1.165, 1.54) is 0 Å². The van der Waals surface area contributed by atoms with Gasteiger partial charge in [-0.2, -0.15) is 0 Å². The maximum absolute atomic E-state index is 12.9. The quantitative estimate of drug-likeness (QED) is 0.626. The topological polar surface area (TPSA) is 70.7 Å². The van der Waals surface area contributed by atoms with Crippen LogP contribution in [0.5, 0.6) is 5.75 Å². The van der Waals surface area contributed by atoms with Crippen molar-refractivity contribution >= 4 is 17.5 Å². The van der Waals surface area contributed by atoms with Crippen LogP contribution in [0, 0.1) is 5.92 Å². The van der Waals surface area contributed by atoms with Crippen molar-refractivity contribution in [1.82, 2.24) is 10.6 Å². The number of benzene rings is 2. The van der Waals surface area contributed by atoms with Crippen molar-refractivity contribution in [3.05, 3.63) is 59.7 Å². The molecule has 0 unspecified atom stereocenters. The van der Waals surface area contributed by atoms with Crippen molar-refractivity contribution in [3.8, 4) is 5.75 Å². The van der Waals surface area contributed by atoms with Gasteiger partial charge in [0.05, 0.1) is 12.7 Å². The maximum atomic E-state index is 12.9. The molecule has 3 rings (SSSR count). The van der Waals surface area contributed by atoms with E-state index >= 15 is 0 Å². The van der Waals surface area contributed by atoms with Crippen LogP contribution in [0.3, 0.4) is 0 Å². The third-order valence-corrected chi connectivity index (χ3v) is 6.26. The lowest BCUT2D eigenvalue weighted by Gasteiger charge is -2.35. The highest BCUT2D eigenvalue weighted by Gasteiger charge is 2.24. The smallest absolute Gasteiger partial charge is 0.253 e. The minimum absolute atomic E-state index is 0.0494. The molecule has 32 heavy (non-hydrogen) atoms. The van der Waals surface area contributed by atoms with E-state index in [1.807, 2.05) is 62.4 Å². The van der Waals surface area contributed by atoms with E-state index in [2.05, 4.69) is 15.5 Å². The molecule has 2 aromatic rings. The number of amides is 2. The molecule has 0 saturated carbocycles. The summed E-state index contributed by atoms with van der Waals surface area (Å²) >= 11 is 0. The molecule has 0 aliphatic carbocycles. The molecule has 6 nitrogen and oxygen atoms in total. The van der Waals surface area contributed by atoms with E-state index in [0.717, 1.165) is 49.4 Å². The number of rotatable bonds is 9. The molecule has 2 aromatic carbocycles. The highest BCUT2D eigenvalue weighted by molar-refractivity contribution is 5.99. The van der Waals surface area contributed by atoms with Crippen molar-refractivity contribution in [3.63, 3.8) is 0 Å². The minimum Gasteiger partial charge on any atom is -0.496 e. The molecule has 1 saturated heterocycles. The molecule has 1 atom stereocenters. The second-order valence-electron chi connectivity index (χ2n) is 8.41. The molecule has 1 aliphatic heterocycles. The standard InChI is InChI=1S/C26H35N3O3/c1-4-19(2)25(30)28-21-14-17-29(18-15-21)23-11-7-6-10-22(23)26(31)27-16-13-20-9-5-8-12-24(20)32-3/h5-12,19,21H,4,13-18H2,1-3H3,(H,27,31)(H,28,30)/t19-/m1/s1. The van der Waals surface area contributed by atoms with Gasteiger partial charge in [0.25, 0.3) is 5.91 Å². The van der Waals surface area contributed by atoms with Crippen molar-refractivity contribution < 1.29 is 14.3 Å². The average Bonchev–Trinajstić information content (AvgIpc) is 2.84. The van der Waals surface area contributed by atoms with E-state index in [1.54, 1.807) is 7.11 Å². The van der Waals surface area contributed by atoms with Gasteiger partial charge in [0.2, 0.25) is 5.91 Å². The summed E-state index contributed by atoms with van der Waals surface area (Å²) in [4.78, 5) is 27.4. The van der Waals surface area contributed by atoms with Crippen LogP contribution in [0.15, 0.2) is 48.5 Å². The van der Waals surface area contributed by atoms with Crippen LogP contribution in [0.1, 0.15) is 49.0 Å². The van der Waals surface area contributed by atoms with Crippen molar-refractivity contribution in [2.24, 2.45) is 5.92 Å². The zero-order chi connectivity index (χ0) is 22.9. The van der Waals surface area contributed by atoms with Crippen molar-refractivity contribution in [1.29, 1.82) is 0 Å². The number of methoxy groups -OCH3 is 1. The number of anilines is 1. The molecule has 1 aliphatic rings. The Balaban J connectivity index is 1.56. The van der Waals surface area contributed by atoms with Gasteiger partial charge < -0.3 is 20.3 Å². The number of hydrogen-bond acceptors (Lipinski definition) is 4. The lowest BCUT2D eigenvalue weighted by Crippen LogP contribution is -2.46. The lowest BCUT2D eigenvalue weighted by molar-refractivity contribution is -0.125. The number of nitrogens with one attached hydrogen (secondary N) is 2. The number of carbonyl (C=O) groups is 2. The maximum Gasteiger partial charge on any atom is 0.253 e. The highest BCUT2D eigenvalue weighted by Crippen LogP contribution is 2.25. The SMILES string of the molecule is CC[C@@H](C)C(=O)NC1CCN(c2ccccc2C(=O)NCCc2ccccc2OC)CC1. The fourth-order valence-electron chi connectivity index (χ4n) is 4.05. The monoisotopic (exact) mass is 437 g/mol. The van der Waals surface area contributed by atoms with E-state index < -0.39 is 0 Å².